The number of hydrogen-bond acceptors (Lipinski definition) is 5. The number of carboxylic acids is 1. The Kier molecular flexibility index (Phi) is 3.96. The van der Waals surface area contributed by atoms with Gasteiger partial charge >= 0.3 is 5.97 Å². The number of aromatic carboxylic acids is 1. The molecule has 1 fully saturated rings. The number of rotatable bonds is 4. The van der Waals surface area contributed by atoms with Crippen molar-refractivity contribution in [2.24, 2.45) is 0 Å². The van der Waals surface area contributed by atoms with Gasteiger partial charge in [0.2, 0.25) is 0 Å². The van der Waals surface area contributed by atoms with Gasteiger partial charge in [-0.2, -0.15) is 0 Å². The maximum absolute atomic E-state index is 11.1. The Bertz CT molecular complexity index is 498. The molecule has 0 radical (unpaired) electrons. The number of nitro groups is 1. The molecule has 1 aliphatic heterocycles. The third-order valence-corrected chi connectivity index (χ3v) is 3.08. The topological polar surface area (TPSA) is 95.7 Å². The van der Waals surface area contributed by atoms with Crippen molar-refractivity contribution in [1.82, 2.24) is 5.01 Å². The molecule has 2 rings (SSSR count). The molecule has 0 saturated carbocycles. The van der Waals surface area contributed by atoms with E-state index in [1.165, 1.54) is 18.2 Å². The molecule has 0 bridgehead atoms. The minimum absolute atomic E-state index is 0.0381. The van der Waals surface area contributed by atoms with E-state index in [1.807, 2.05) is 5.01 Å². The second-order valence-electron chi connectivity index (χ2n) is 4.45. The summed E-state index contributed by atoms with van der Waals surface area (Å²) in [7, 11) is 0. The molecule has 1 heterocycles. The van der Waals surface area contributed by atoms with Gasteiger partial charge in [-0.25, -0.2) is 9.80 Å². The molecular weight excluding hydrogens is 250 g/mol. The van der Waals surface area contributed by atoms with Crippen molar-refractivity contribution >= 4 is 17.3 Å². The van der Waals surface area contributed by atoms with Crippen molar-refractivity contribution in [3.8, 4) is 0 Å². The minimum Gasteiger partial charge on any atom is -0.478 e. The molecule has 19 heavy (non-hydrogen) atoms. The SMILES string of the molecule is O=C(O)c1ccc([N+](=O)[O-])cc1NN1CCCCC1. The number of non-ortho nitro benzene ring substituents is 1. The molecule has 7 nitrogen and oxygen atoms in total. The minimum atomic E-state index is -1.10. The highest BCUT2D eigenvalue weighted by molar-refractivity contribution is 5.94. The van der Waals surface area contributed by atoms with Gasteiger partial charge in [-0.05, 0) is 18.9 Å². The zero-order valence-electron chi connectivity index (χ0n) is 10.3. The normalized spacial score (nSPS) is 16.0. The predicted molar refractivity (Wildman–Crippen MR) is 69.1 cm³/mol. The number of hydrazine groups is 1. The van der Waals surface area contributed by atoms with Crippen molar-refractivity contribution in [1.29, 1.82) is 0 Å². The molecule has 0 aromatic heterocycles. The van der Waals surface area contributed by atoms with Crippen LogP contribution in [-0.4, -0.2) is 34.1 Å². The summed E-state index contributed by atoms with van der Waals surface area (Å²) in [6.45, 7) is 1.61. The van der Waals surface area contributed by atoms with Gasteiger partial charge in [-0.15, -0.1) is 0 Å². The smallest absolute Gasteiger partial charge is 0.337 e. The van der Waals surface area contributed by atoms with Gasteiger partial charge in [-0.3, -0.25) is 10.1 Å². The van der Waals surface area contributed by atoms with E-state index in [4.69, 9.17) is 5.11 Å². The Labute approximate surface area is 110 Å². The molecule has 0 spiro atoms. The van der Waals surface area contributed by atoms with Crippen molar-refractivity contribution in [2.75, 3.05) is 18.5 Å². The number of nitrogens with one attached hydrogen (secondary N) is 1. The van der Waals surface area contributed by atoms with Crippen molar-refractivity contribution in [3.05, 3.63) is 33.9 Å². The van der Waals surface area contributed by atoms with Gasteiger partial charge in [0.05, 0.1) is 16.2 Å². The van der Waals surface area contributed by atoms with Gasteiger partial charge in [0.25, 0.3) is 5.69 Å². The Morgan fingerprint density at radius 2 is 2.00 bits per heavy atom. The van der Waals surface area contributed by atoms with Crippen LogP contribution in [0.3, 0.4) is 0 Å². The first kappa shape index (κ1) is 13.3. The first-order valence-electron chi connectivity index (χ1n) is 6.11. The second kappa shape index (κ2) is 5.66. The molecule has 102 valence electrons. The number of nitrogens with zero attached hydrogens (tertiary/aromatic N) is 2. The average molecular weight is 265 g/mol. The van der Waals surface area contributed by atoms with E-state index in [9.17, 15) is 14.9 Å². The summed E-state index contributed by atoms with van der Waals surface area (Å²) in [6, 6.07) is 3.72. The van der Waals surface area contributed by atoms with E-state index >= 15 is 0 Å². The summed E-state index contributed by atoms with van der Waals surface area (Å²) in [6.07, 6.45) is 3.22. The third kappa shape index (κ3) is 3.19. The average Bonchev–Trinajstić information content (AvgIpc) is 2.39. The summed E-state index contributed by atoms with van der Waals surface area (Å²) >= 11 is 0. The fourth-order valence-electron chi connectivity index (χ4n) is 2.10. The highest BCUT2D eigenvalue weighted by Crippen LogP contribution is 2.24. The molecule has 0 amide bonds. The predicted octanol–water partition coefficient (Wildman–Crippen LogP) is 2.11. The van der Waals surface area contributed by atoms with Crippen LogP contribution in [-0.2, 0) is 0 Å². The van der Waals surface area contributed by atoms with E-state index in [0.29, 0.717) is 0 Å². The second-order valence-corrected chi connectivity index (χ2v) is 4.45. The van der Waals surface area contributed by atoms with Crippen LogP contribution in [0.15, 0.2) is 18.2 Å². The van der Waals surface area contributed by atoms with Crippen LogP contribution >= 0.6 is 0 Å². The van der Waals surface area contributed by atoms with Crippen LogP contribution in [0.2, 0.25) is 0 Å². The van der Waals surface area contributed by atoms with Crippen LogP contribution in [0.4, 0.5) is 11.4 Å². The van der Waals surface area contributed by atoms with Crippen LogP contribution in [0.1, 0.15) is 29.6 Å². The highest BCUT2D eigenvalue weighted by Gasteiger charge is 2.18. The zero-order chi connectivity index (χ0) is 13.8. The number of carboxylic acid groups (broad SMARTS) is 1. The highest BCUT2D eigenvalue weighted by atomic mass is 16.6. The standard InChI is InChI=1S/C12H15N3O4/c16-12(17)10-5-4-9(15(18)19)8-11(10)13-14-6-2-1-3-7-14/h4-5,8,13H,1-3,6-7H2,(H,16,17). The monoisotopic (exact) mass is 265 g/mol. The zero-order valence-corrected chi connectivity index (χ0v) is 10.3. The molecule has 0 atom stereocenters. The number of carbonyl (C=O) groups is 1. The van der Waals surface area contributed by atoms with Gasteiger partial charge < -0.3 is 10.5 Å². The summed E-state index contributed by atoms with van der Waals surface area (Å²) in [4.78, 5) is 21.3. The summed E-state index contributed by atoms with van der Waals surface area (Å²) < 4.78 is 0. The number of nitro benzene ring substituents is 1. The number of anilines is 1. The fourth-order valence-corrected chi connectivity index (χ4v) is 2.10. The molecule has 7 heteroatoms. The summed E-state index contributed by atoms with van der Waals surface area (Å²) in [5.41, 5.74) is 3.16. The molecule has 1 aliphatic rings. The summed E-state index contributed by atoms with van der Waals surface area (Å²) in [5.74, 6) is -1.10. The molecule has 0 aliphatic carbocycles. The quantitative estimate of drug-likeness (QED) is 0.639. The lowest BCUT2D eigenvalue weighted by Gasteiger charge is -2.28. The number of hydrogen-bond donors (Lipinski definition) is 2. The first-order valence-corrected chi connectivity index (χ1v) is 6.11. The maximum Gasteiger partial charge on any atom is 0.337 e. The Balaban J connectivity index is 2.26. The van der Waals surface area contributed by atoms with Gasteiger partial charge in [-0.1, -0.05) is 6.42 Å². The van der Waals surface area contributed by atoms with E-state index in [0.717, 1.165) is 32.4 Å². The summed E-state index contributed by atoms with van der Waals surface area (Å²) in [5, 5.41) is 21.7. The number of piperidine rings is 1. The lowest BCUT2D eigenvalue weighted by atomic mass is 10.1. The van der Waals surface area contributed by atoms with Crippen molar-refractivity contribution in [3.63, 3.8) is 0 Å². The van der Waals surface area contributed by atoms with Gasteiger partial charge in [0.1, 0.15) is 0 Å². The first-order chi connectivity index (χ1) is 9.08. The van der Waals surface area contributed by atoms with E-state index < -0.39 is 10.9 Å². The molecule has 2 N–H and O–H groups in total. The largest absolute Gasteiger partial charge is 0.478 e. The van der Waals surface area contributed by atoms with Gasteiger partial charge in [0.15, 0.2) is 0 Å². The van der Waals surface area contributed by atoms with Crippen LogP contribution in [0, 0.1) is 10.1 Å². The third-order valence-electron chi connectivity index (χ3n) is 3.08. The van der Waals surface area contributed by atoms with E-state index in [2.05, 4.69) is 5.43 Å². The Morgan fingerprint density at radius 3 is 2.58 bits per heavy atom. The van der Waals surface area contributed by atoms with Crippen LogP contribution < -0.4 is 5.43 Å². The van der Waals surface area contributed by atoms with Crippen molar-refractivity contribution in [2.45, 2.75) is 19.3 Å². The fraction of sp³-hybridized carbons (Fsp3) is 0.417. The number of benzene rings is 1. The molecule has 1 saturated heterocycles. The molecule has 1 aromatic rings. The van der Waals surface area contributed by atoms with E-state index in [1.54, 1.807) is 0 Å². The van der Waals surface area contributed by atoms with Crippen molar-refractivity contribution < 1.29 is 14.8 Å². The molecule has 1 aromatic carbocycles. The van der Waals surface area contributed by atoms with Crippen LogP contribution in [0.25, 0.3) is 0 Å². The maximum atomic E-state index is 11.1. The lowest BCUT2D eigenvalue weighted by molar-refractivity contribution is -0.384. The Hall–Kier alpha value is -2.15. The van der Waals surface area contributed by atoms with Gasteiger partial charge in [0, 0.05) is 25.2 Å². The van der Waals surface area contributed by atoms with E-state index in [-0.39, 0.29) is 16.9 Å². The molecule has 0 unspecified atom stereocenters. The molecular formula is C12H15N3O4. The van der Waals surface area contributed by atoms with Crippen LogP contribution in [0.5, 0.6) is 0 Å². The lowest BCUT2D eigenvalue weighted by Crippen LogP contribution is -2.35. The Morgan fingerprint density at radius 1 is 1.32 bits per heavy atom.